The first kappa shape index (κ1) is 18.8. The molecule has 1 heterocycles. The number of anilines is 1. The molecule has 1 aromatic carbocycles. The summed E-state index contributed by atoms with van der Waals surface area (Å²) in [5, 5.41) is 14.7. The van der Waals surface area contributed by atoms with Crippen molar-refractivity contribution in [3.63, 3.8) is 0 Å². The average Bonchev–Trinajstić information content (AvgIpc) is 2.99. The van der Waals surface area contributed by atoms with E-state index in [2.05, 4.69) is 21.8 Å². The zero-order valence-corrected chi connectivity index (χ0v) is 15.9. The second kappa shape index (κ2) is 10.4. The lowest BCUT2D eigenvalue weighted by Gasteiger charge is -2.10. The van der Waals surface area contributed by atoms with Gasteiger partial charge in [0.2, 0.25) is 5.91 Å². The minimum atomic E-state index is 0.0188. The Bertz CT molecular complexity index is 709. The quantitative estimate of drug-likeness (QED) is 0.506. The van der Waals surface area contributed by atoms with Crippen LogP contribution in [0.5, 0.6) is 0 Å². The molecule has 2 aromatic rings. The van der Waals surface area contributed by atoms with Gasteiger partial charge in [-0.15, -0.1) is 23.1 Å². The first-order chi connectivity index (χ1) is 11.7. The Morgan fingerprint density at radius 2 is 2.21 bits per heavy atom. The zero-order chi connectivity index (χ0) is 17.2. The normalized spacial score (nSPS) is 10.3. The summed E-state index contributed by atoms with van der Waals surface area (Å²) in [6.45, 7) is 2.00. The van der Waals surface area contributed by atoms with Crippen molar-refractivity contribution >= 4 is 46.5 Å². The van der Waals surface area contributed by atoms with Crippen molar-refractivity contribution in [1.29, 1.82) is 5.26 Å². The van der Waals surface area contributed by atoms with E-state index >= 15 is 0 Å². The molecule has 24 heavy (non-hydrogen) atoms. The third-order valence-corrected chi connectivity index (χ3v) is 5.91. The molecule has 1 N–H and O–H groups in total. The molecule has 1 aromatic heterocycles. The van der Waals surface area contributed by atoms with E-state index in [9.17, 15) is 4.79 Å². The third kappa shape index (κ3) is 6.56. The van der Waals surface area contributed by atoms with E-state index < -0.39 is 0 Å². The highest BCUT2D eigenvalue weighted by Gasteiger charge is 2.07. The van der Waals surface area contributed by atoms with Crippen molar-refractivity contribution in [2.45, 2.75) is 30.4 Å². The van der Waals surface area contributed by atoms with Crippen LogP contribution < -0.4 is 5.32 Å². The third-order valence-electron chi connectivity index (χ3n) is 3.02. The lowest BCUT2D eigenvalue weighted by Crippen LogP contribution is -2.12. The van der Waals surface area contributed by atoms with Crippen LogP contribution in [0.25, 0.3) is 0 Å². The molecule has 0 fully saturated rings. The number of hydrogen-bond donors (Lipinski definition) is 1. The fourth-order valence-corrected chi connectivity index (χ4v) is 4.34. The molecule has 0 atom stereocenters. The Morgan fingerprint density at radius 1 is 1.38 bits per heavy atom. The molecule has 2 rings (SSSR count). The topological polar surface area (TPSA) is 65.8 Å². The molecule has 126 valence electrons. The van der Waals surface area contributed by atoms with Crippen molar-refractivity contribution in [3.05, 3.63) is 40.3 Å². The number of benzene rings is 1. The van der Waals surface area contributed by atoms with Crippen LogP contribution in [0.1, 0.15) is 23.5 Å². The van der Waals surface area contributed by atoms with Gasteiger partial charge in [0.15, 0.2) is 0 Å². The number of aryl methyl sites for hydroxylation is 1. The Kier molecular flexibility index (Phi) is 8.16. The van der Waals surface area contributed by atoms with Crippen molar-refractivity contribution in [2.75, 3.05) is 16.8 Å². The maximum atomic E-state index is 12.1. The van der Waals surface area contributed by atoms with Gasteiger partial charge >= 0.3 is 0 Å². The second-order valence-electron chi connectivity index (χ2n) is 4.96. The zero-order valence-electron chi connectivity index (χ0n) is 13.4. The Balaban J connectivity index is 1.74. The van der Waals surface area contributed by atoms with Gasteiger partial charge in [-0.25, -0.2) is 4.98 Å². The average molecular weight is 378 g/mol. The van der Waals surface area contributed by atoms with Crippen LogP contribution in [0.2, 0.25) is 0 Å². The largest absolute Gasteiger partial charge is 0.325 e. The first-order valence-electron chi connectivity index (χ1n) is 7.56. The van der Waals surface area contributed by atoms with Crippen molar-refractivity contribution < 1.29 is 4.79 Å². The number of thiazole rings is 1. The number of thioether (sulfide) groups is 2. The number of hydrogen-bond acceptors (Lipinski definition) is 6. The van der Waals surface area contributed by atoms with E-state index in [0.717, 1.165) is 38.5 Å². The summed E-state index contributed by atoms with van der Waals surface area (Å²) >= 11 is 4.97. The molecule has 7 heteroatoms. The second-order valence-corrected chi connectivity index (χ2v) is 8.27. The SMILES string of the molecule is Cc1nc(CSCCC(=O)Nc2ccccc2SCCC#N)cs1. The van der Waals surface area contributed by atoms with E-state index in [0.29, 0.717) is 12.8 Å². The van der Waals surface area contributed by atoms with Gasteiger partial charge in [-0.05, 0) is 19.1 Å². The van der Waals surface area contributed by atoms with E-state index in [-0.39, 0.29) is 5.91 Å². The van der Waals surface area contributed by atoms with Crippen LogP contribution in [-0.4, -0.2) is 22.4 Å². The summed E-state index contributed by atoms with van der Waals surface area (Å²) in [4.78, 5) is 17.5. The van der Waals surface area contributed by atoms with Crippen molar-refractivity contribution in [3.8, 4) is 6.07 Å². The molecule has 0 aliphatic carbocycles. The van der Waals surface area contributed by atoms with Gasteiger partial charge in [-0.3, -0.25) is 4.79 Å². The highest BCUT2D eigenvalue weighted by Crippen LogP contribution is 2.27. The minimum absolute atomic E-state index is 0.0188. The van der Waals surface area contributed by atoms with Crippen LogP contribution in [0.4, 0.5) is 5.69 Å². The number of para-hydroxylation sites is 1. The van der Waals surface area contributed by atoms with E-state index in [1.54, 1.807) is 34.9 Å². The first-order valence-corrected chi connectivity index (χ1v) is 10.6. The predicted molar refractivity (Wildman–Crippen MR) is 104 cm³/mol. The summed E-state index contributed by atoms with van der Waals surface area (Å²) in [7, 11) is 0. The number of nitriles is 1. The number of nitrogens with zero attached hydrogens (tertiary/aromatic N) is 2. The van der Waals surface area contributed by atoms with E-state index in [1.807, 2.05) is 31.2 Å². The fourth-order valence-electron chi connectivity index (χ4n) is 1.93. The Labute approximate surface area is 155 Å². The van der Waals surface area contributed by atoms with Gasteiger partial charge in [0.25, 0.3) is 0 Å². The molecule has 0 saturated heterocycles. The molecule has 0 bridgehead atoms. The van der Waals surface area contributed by atoms with Crippen LogP contribution >= 0.6 is 34.9 Å². The van der Waals surface area contributed by atoms with Crippen LogP contribution in [0.15, 0.2) is 34.5 Å². The van der Waals surface area contributed by atoms with E-state index in [4.69, 9.17) is 5.26 Å². The minimum Gasteiger partial charge on any atom is -0.325 e. The highest BCUT2D eigenvalue weighted by atomic mass is 32.2. The molecule has 1 amide bonds. The van der Waals surface area contributed by atoms with Gasteiger partial charge in [0.1, 0.15) is 0 Å². The Morgan fingerprint density at radius 3 is 2.96 bits per heavy atom. The van der Waals surface area contributed by atoms with Gasteiger partial charge in [0.05, 0.1) is 22.5 Å². The number of carbonyl (C=O) groups is 1. The molecule has 4 nitrogen and oxygen atoms in total. The monoisotopic (exact) mass is 377 g/mol. The molecule has 0 aliphatic heterocycles. The molecule has 0 radical (unpaired) electrons. The molecular formula is C17H19N3OS3. The molecular weight excluding hydrogens is 358 g/mol. The molecule has 0 spiro atoms. The smallest absolute Gasteiger partial charge is 0.225 e. The van der Waals surface area contributed by atoms with Crippen molar-refractivity contribution in [1.82, 2.24) is 4.98 Å². The van der Waals surface area contributed by atoms with Crippen LogP contribution in [0.3, 0.4) is 0 Å². The van der Waals surface area contributed by atoms with Crippen LogP contribution in [0, 0.1) is 18.3 Å². The van der Waals surface area contributed by atoms with Gasteiger partial charge in [-0.2, -0.15) is 17.0 Å². The summed E-state index contributed by atoms with van der Waals surface area (Å²) in [6.07, 6.45) is 0.977. The van der Waals surface area contributed by atoms with Gasteiger partial charge < -0.3 is 5.32 Å². The number of amides is 1. The standard InChI is InChI=1S/C17H19N3OS3/c1-13-19-14(12-24-13)11-22-10-7-17(21)20-15-5-2-3-6-16(15)23-9-4-8-18/h2-3,5-6,12H,4,7,9-11H2,1H3,(H,20,21). The van der Waals surface area contributed by atoms with Gasteiger partial charge in [0, 0.05) is 40.4 Å². The lowest BCUT2D eigenvalue weighted by molar-refractivity contribution is -0.115. The highest BCUT2D eigenvalue weighted by molar-refractivity contribution is 7.99. The molecule has 0 saturated carbocycles. The fraction of sp³-hybridized carbons (Fsp3) is 0.353. The molecule has 0 unspecified atom stereocenters. The van der Waals surface area contributed by atoms with E-state index in [1.165, 1.54) is 0 Å². The number of rotatable bonds is 9. The maximum Gasteiger partial charge on any atom is 0.225 e. The summed E-state index contributed by atoms with van der Waals surface area (Å²) in [5.41, 5.74) is 1.91. The summed E-state index contributed by atoms with van der Waals surface area (Å²) < 4.78 is 0. The summed E-state index contributed by atoms with van der Waals surface area (Å²) in [6, 6.07) is 9.85. The number of nitrogens with one attached hydrogen (secondary N) is 1. The number of carbonyl (C=O) groups excluding carboxylic acids is 1. The van der Waals surface area contributed by atoms with Gasteiger partial charge in [-0.1, -0.05) is 12.1 Å². The summed E-state index contributed by atoms with van der Waals surface area (Å²) in [5.74, 6) is 2.36. The van der Waals surface area contributed by atoms with Crippen LogP contribution in [-0.2, 0) is 10.5 Å². The molecule has 0 aliphatic rings. The predicted octanol–water partition coefficient (Wildman–Crippen LogP) is 4.72. The van der Waals surface area contributed by atoms with Crippen molar-refractivity contribution in [2.24, 2.45) is 0 Å². The maximum absolute atomic E-state index is 12.1. The lowest BCUT2D eigenvalue weighted by atomic mass is 10.3. The Hall–Kier alpha value is -1.49. The number of aromatic nitrogens is 1.